The van der Waals surface area contributed by atoms with Gasteiger partial charge >= 0.3 is 29.6 Å². The Balaban J connectivity index is 0.00000338. The van der Waals surface area contributed by atoms with Crippen molar-refractivity contribution in [2.75, 3.05) is 11.5 Å². The first-order valence-corrected chi connectivity index (χ1v) is 9.54. The van der Waals surface area contributed by atoms with E-state index in [1.807, 2.05) is 0 Å². The van der Waals surface area contributed by atoms with E-state index in [0.29, 0.717) is 0 Å². The fourth-order valence-electron chi connectivity index (χ4n) is 1.82. The van der Waals surface area contributed by atoms with Gasteiger partial charge in [-0.15, -0.1) is 5.11 Å². The van der Waals surface area contributed by atoms with Gasteiger partial charge in [0.25, 0.3) is 0 Å². The van der Waals surface area contributed by atoms with Crippen molar-refractivity contribution in [3.8, 4) is 0 Å². The molecule has 0 spiro atoms. The van der Waals surface area contributed by atoms with Crippen molar-refractivity contribution in [1.29, 1.82) is 0 Å². The predicted molar refractivity (Wildman–Crippen MR) is 91.2 cm³/mol. The second-order valence-electron chi connectivity index (χ2n) is 4.81. The monoisotopic (exact) mass is 404 g/mol. The van der Waals surface area contributed by atoms with Crippen LogP contribution < -0.4 is 41.0 Å². The maximum atomic E-state index is 11.6. The second-order valence-corrected chi connectivity index (χ2v) is 8.05. The largest absolute Gasteiger partial charge is 1.00 e. The van der Waals surface area contributed by atoms with E-state index < -0.39 is 24.9 Å². The molecule has 0 saturated heterocycles. The molecule has 2 aromatic carbocycles. The van der Waals surface area contributed by atoms with Crippen LogP contribution in [0, 0.1) is 0 Å². The summed E-state index contributed by atoms with van der Waals surface area (Å²) in [5.74, 6) is 0. The fourth-order valence-corrected chi connectivity index (χ4v) is 3.13. The number of rotatable bonds is 5. The van der Waals surface area contributed by atoms with Crippen LogP contribution in [0.2, 0.25) is 0 Å². The average molecular weight is 404 g/mol. The number of benzene rings is 2. The van der Waals surface area contributed by atoms with E-state index in [1.54, 1.807) is 0 Å². The van der Waals surface area contributed by atoms with Crippen LogP contribution in [-0.2, 0) is 20.0 Å². The van der Waals surface area contributed by atoms with Crippen molar-refractivity contribution in [3.05, 3.63) is 48.4 Å². The van der Waals surface area contributed by atoms with Crippen LogP contribution in [0.5, 0.6) is 0 Å². The van der Waals surface area contributed by atoms with Crippen LogP contribution in [0.4, 0.5) is 22.7 Å². The maximum Gasteiger partial charge on any atom is 1.00 e. The molecule has 2 rings (SSSR count). The summed E-state index contributed by atoms with van der Waals surface area (Å²) in [6.07, 6.45) is 0. The van der Waals surface area contributed by atoms with Gasteiger partial charge in [0.05, 0.1) is 26.9 Å². The van der Waals surface area contributed by atoms with Crippen LogP contribution in [0.1, 0.15) is 0 Å². The molecule has 0 radical (unpaired) electrons. The number of hydrogen-bond donors (Lipinski definition) is 2. The molecule has 0 aliphatic heterocycles. The van der Waals surface area contributed by atoms with E-state index in [4.69, 9.17) is 11.5 Å². The van der Waals surface area contributed by atoms with Crippen LogP contribution >= 0.6 is 0 Å². The minimum Gasteiger partial charge on any atom is -0.744 e. The summed E-state index contributed by atoms with van der Waals surface area (Å²) in [7, 11) is -8.35. The van der Waals surface area contributed by atoms with Crippen molar-refractivity contribution < 1.29 is 50.9 Å². The number of nitrogen functional groups attached to an aromatic ring is 2. The number of azo groups is 1. The Morgan fingerprint density at radius 2 is 1.54 bits per heavy atom. The van der Waals surface area contributed by atoms with Crippen LogP contribution in [0.3, 0.4) is 0 Å². The molecule has 9 nitrogen and oxygen atoms in total. The molecule has 0 heterocycles. The smallest absolute Gasteiger partial charge is 0.744 e. The fraction of sp³-hybridized carbons (Fsp3) is 0. The molecule has 12 heteroatoms. The van der Waals surface area contributed by atoms with E-state index in [2.05, 4.69) is 16.8 Å². The molecule has 0 aliphatic rings. The van der Waals surface area contributed by atoms with E-state index in [0.717, 1.165) is 17.5 Å². The first-order chi connectivity index (χ1) is 11.5. The van der Waals surface area contributed by atoms with Gasteiger partial charge < -0.3 is 16.0 Å². The first-order valence-electron chi connectivity index (χ1n) is 6.59. The molecule has 132 valence electrons. The summed E-state index contributed by atoms with van der Waals surface area (Å²) in [4.78, 5) is -0.615. The van der Waals surface area contributed by atoms with Gasteiger partial charge in [-0.05, 0) is 36.4 Å². The number of hydrogen-bond acceptors (Lipinski definition) is 9. The van der Waals surface area contributed by atoms with Gasteiger partial charge in [0.15, 0.2) is 9.84 Å². The summed E-state index contributed by atoms with van der Waals surface area (Å²) in [6, 6.07) is 7.42. The van der Waals surface area contributed by atoms with Crippen molar-refractivity contribution >= 4 is 42.7 Å². The van der Waals surface area contributed by atoms with Gasteiger partial charge in [-0.3, -0.25) is 0 Å². The maximum absolute atomic E-state index is 11.6. The molecule has 0 atom stereocenters. The molecular weight excluding hydrogens is 391 g/mol. The Hall–Kier alpha value is -1.76. The topological polar surface area (TPSA) is 168 Å². The third-order valence-electron chi connectivity index (χ3n) is 3.09. The summed E-state index contributed by atoms with van der Waals surface area (Å²) in [5, 5.41) is 8.42. The van der Waals surface area contributed by atoms with Crippen LogP contribution in [0.25, 0.3) is 0 Å². The zero-order valence-electron chi connectivity index (χ0n) is 13.7. The normalized spacial score (nSPS) is 11.9. The SMILES string of the molecule is C=CS(=O)(=O)c1ccc(N=Nc2cc(S(=O)(=O)[O-])c(N)cc2N)cc1.[Na+]. The third kappa shape index (κ3) is 5.13. The third-order valence-corrected chi connectivity index (χ3v) is 5.35. The zero-order valence-corrected chi connectivity index (χ0v) is 17.3. The van der Waals surface area contributed by atoms with Gasteiger partial charge in [0, 0.05) is 5.41 Å². The van der Waals surface area contributed by atoms with Gasteiger partial charge in [-0.25, -0.2) is 16.8 Å². The quantitative estimate of drug-likeness (QED) is 0.281. The Bertz CT molecular complexity index is 1070. The van der Waals surface area contributed by atoms with Gasteiger partial charge in [0.1, 0.15) is 15.8 Å². The van der Waals surface area contributed by atoms with Crippen LogP contribution in [0.15, 0.2) is 68.4 Å². The molecule has 0 amide bonds. The number of nitrogens with zero attached hydrogens (tertiary/aromatic N) is 2. The van der Waals surface area contributed by atoms with E-state index in [1.165, 1.54) is 24.3 Å². The van der Waals surface area contributed by atoms with Crippen molar-refractivity contribution in [3.63, 3.8) is 0 Å². The minimum absolute atomic E-state index is 0. The van der Waals surface area contributed by atoms with Crippen LogP contribution in [-0.4, -0.2) is 21.4 Å². The molecular formula is C14H13N4NaO5S2. The van der Waals surface area contributed by atoms with E-state index in [-0.39, 0.29) is 57.2 Å². The summed E-state index contributed by atoms with van der Waals surface area (Å²) in [6.45, 7) is 3.22. The van der Waals surface area contributed by atoms with Crippen molar-refractivity contribution in [2.45, 2.75) is 9.79 Å². The Morgan fingerprint density at radius 1 is 0.962 bits per heavy atom. The minimum atomic E-state index is -4.79. The number of nitrogens with two attached hydrogens (primary N) is 2. The molecule has 4 N–H and O–H groups in total. The molecule has 0 unspecified atom stereocenters. The molecule has 0 aliphatic carbocycles. The van der Waals surface area contributed by atoms with Crippen molar-refractivity contribution in [1.82, 2.24) is 0 Å². The van der Waals surface area contributed by atoms with E-state index >= 15 is 0 Å². The summed E-state index contributed by atoms with van der Waals surface area (Å²) in [5.41, 5.74) is 11.1. The number of sulfone groups is 1. The predicted octanol–water partition coefficient (Wildman–Crippen LogP) is -0.908. The molecule has 0 aromatic heterocycles. The summed E-state index contributed by atoms with van der Waals surface area (Å²) >= 11 is 0. The number of anilines is 2. The Morgan fingerprint density at radius 3 is 2.04 bits per heavy atom. The molecule has 2 aromatic rings. The second kappa shape index (κ2) is 8.29. The molecule has 0 saturated carbocycles. The zero-order chi connectivity index (χ0) is 18.8. The standard InChI is InChI=1S/C14H14N4O5S2.Na/c1-2-24(19,20)10-5-3-9(4-6-10)17-18-13-8-14(25(21,22)23)12(16)7-11(13)15;/h2-8H,1,15-16H2,(H,21,22,23);/q;+1/p-1. The van der Waals surface area contributed by atoms with Gasteiger partial charge in [0.2, 0.25) is 0 Å². The molecule has 0 bridgehead atoms. The molecule has 26 heavy (non-hydrogen) atoms. The Kier molecular flexibility index (Phi) is 7.10. The van der Waals surface area contributed by atoms with Gasteiger partial charge in [-0.1, -0.05) is 6.58 Å². The Labute approximate surface area is 172 Å². The first kappa shape index (κ1) is 22.3. The van der Waals surface area contributed by atoms with E-state index in [9.17, 15) is 21.4 Å². The molecule has 0 fully saturated rings. The average Bonchev–Trinajstić information content (AvgIpc) is 2.53. The van der Waals surface area contributed by atoms with Gasteiger partial charge in [-0.2, -0.15) is 5.11 Å². The van der Waals surface area contributed by atoms with Crippen molar-refractivity contribution in [2.24, 2.45) is 10.2 Å². The summed E-state index contributed by atoms with van der Waals surface area (Å²) < 4.78 is 56.6.